The van der Waals surface area contributed by atoms with E-state index in [0.717, 1.165) is 23.3 Å². The summed E-state index contributed by atoms with van der Waals surface area (Å²) in [7, 11) is 0. The summed E-state index contributed by atoms with van der Waals surface area (Å²) in [5.41, 5.74) is 2.87. The number of fused-ring (bicyclic) bond motifs is 1. The molecule has 0 spiro atoms. The van der Waals surface area contributed by atoms with Crippen LogP contribution in [0.5, 0.6) is 0 Å². The van der Waals surface area contributed by atoms with E-state index in [1.807, 2.05) is 42.2 Å². The lowest BCUT2D eigenvalue weighted by atomic mass is 10.1. The van der Waals surface area contributed by atoms with Crippen molar-refractivity contribution in [3.63, 3.8) is 0 Å². The molecule has 0 atom stereocenters. The summed E-state index contributed by atoms with van der Waals surface area (Å²) in [5, 5.41) is 2.47. The molecule has 1 aliphatic heterocycles. The summed E-state index contributed by atoms with van der Waals surface area (Å²) >= 11 is 0. The molecule has 1 aliphatic rings. The number of pyridine rings is 1. The van der Waals surface area contributed by atoms with Gasteiger partial charge in [-0.05, 0) is 36.8 Å². The minimum atomic E-state index is -0.843. The lowest BCUT2D eigenvalue weighted by Gasteiger charge is -2.35. The van der Waals surface area contributed by atoms with Gasteiger partial charge >= 0.3 is 6.03 Å². The minimum absolute atomic E-state index is 0.0912. The molecule has 0 aliphatic carbocycles. The van der Waals surface area contributed by atoms with Crippen LogP contribution in [0.3, 0.4) is 0 Å². The number of carbonyl (C=O) groups excluding carboxylic acids is 1. The first-order valence-electron chi connectivity index (χ1n) is 11.6. The van der Waals surface area contributed by atoms with Crippen molar-refractivity contribution in [2.24, 2.45) is 0 Å². The molecular weight excluding hydrogens is 466 g/mol. The van der Waals surface area contributed by atoms with Gasteiger partial charge in [0.25, 0.3) is 5.56 Å². The number of nitrogens with zero attached hydrogens (tertiary/aromatic N) is 5. The van der Waals surface area contributed by atoms with E-state index in [4.69, 9.17) is 0 Å². The number of urea groups is 1. The van der Waals surface area contributed by atoms with Crippen molar-refractivity contribution in [2.45, 2.75) is 13.5 Å². The molecule has 36 heavy (non-hydrogen) atoms. The predicted octanol–water partition coefficient (Wildman–Crippen LogP) is 3.78. The Bertz CT molecular complexity index is 1480. The summed E-state index contributed by atoms with van der Waals surface area (Å²) in [6, 6.07) is 14.0. The topological polar surface area (TPSA) is 83.4 Å². The molecule has 1 fully saturated rings. The van der Waals surface area contributed by atoms with Gasteiger partial charge in [0.2, 0.25) is 0 Å². The van der Waals surface area contributed by atoms with Gasteiger partial charge in [0, 0.05) is 38.4 Å². The van der Waals surface area contributed by atoms with Crippen LogP contribution < -0.4 is 15.8 Å². The number of hydrogen-bond acceptors (Lipinski definition) is 5. The molecule has 184 valence electrons. The highest BCUT2D eigenvalue weighted by Gasteiger charge is 2.25. The van der Waals surface area contributed by atoms with Crippen LogP contribution in [-0.2, 0) is 6.54 Å². The van der Waals surface area contributed by atoms with E-state index in [9.17, 15) is 18.4 Å². The summed E-state index contributed by atoms with van der Waals surface area (Å²) in [6.07, 6.45) is 1.64. The number of piperazine rings is 1. The first-order chi connectivity index (χ1) is 17.4. The lowest BCUT2D eigenvalue weighted by molar-refractivity contribution is 0.208. The van der Waals surface area contributed by atoms with Crippen molar-refractivity contribution in [3.05, 3.63) is 93.9 Å². The summed E-state index contributed by atoms with van der Waals surface area (Å²) in [5.74, 6) is -1.26. The van der Waals surface area contributed by atoms with Crippen LogP contribution in [0.2, 0.25) is 0 Å². The van der Waals surface area contributed by atoms with Crippen molar-refractivity contribution < 1.29 is 13.6 Å². The monoisotopic (exact) mass is 490 g/mol. The molecule has 1 saturated heterocycles. The highest BCUT2D eigenvalue weighted by Crippen LogP contribution is 2.18. The van der Waals surface area contributed by atoms with Crippen molar-refractivity contribution in [2.75, 3.05) is 36.4 Å². The summed E-state index contributed by atoms with van der Waals surface area (Å²) in [4.78, 5) is 38.5. The molecule has 0 radical (unpaired) electrons. The second-order valence-corrected chi connectivity index (χ2v) is 8.69. The first-order valence-corrected chi connectivity index (χ1v) is 11.6. The number of aryl methyl sites for hydroxylation is 1. The highest BCUT2D eigenvalue weighted by molar-refractivity contribution is 5.89. The number of hydrogen-bond donors (Lipinski definition) is 1. The van der Waals surface area contributed by atoms with Gasteiger partial charge in [-0.15, -0.1) is 0 Å². The van der Waals surface area contributed by atoms with Crippen molar-refractivity contribution in [1.82, 2.24) is 19.4 Å². The van der Waals surface area contributed by atoms with Gasteiger partial charge in [-0.3, -0.25) is 9.36 Å². The number of amides is 2. The van der Waals surface area contributed by atoms with E-state index in [-0.39, 0.29) is 11.2 Å². The molecule has 2 aromatic carbocycles. The Balaban J connectivity index is 1.36. The summed E-state index contributed by atoms with van der Waals surface area (Å²) < 4.78 is 28.7. The molecule has 1 N–H and O–H groups in total. The molecule has 2 amide bonds. The molecule has 4 aromatic rings. The summed E-state index contributed by atoms with van der Waals surface area (Å²) in [6.45, 7) is 3.72. The van der Waals surface area contributed by atoms with Crippen LogP contribution in [0.25, 0.3) is 11.2 Å². The van der Waals surface area contributed by atoms with E-state index >= 15 is 0 Å². The van der Waals surface area contributed by atoms with Gasteiger partial charge in [0.1, 0.15) is 17.2 Å². The van der Waals surface area contributed by atoms with Crippen molar-refractivity contribution in [1.29, 1.82) is 0 Å². The largest absolute Gasteiger partial charge is 0.348 e. The van der Waals surface area contributed by atoms with Gasteiger partial charge < -0.3 is 15.1 Å². The number of aromatic nitrogens is 3. The van der Waals surface area contributed by atoms with Gasteiger partial charge in [-0.2, -0.15) is 0 Å². The third-order valence-electron chi connectivity index (χ3n) is 6.18. The van der Waals surface area contributed by atoms with Gasteiger partial charge in [-0.25, -0.2) is 23.5 Å². The van der Waals surface area contributed by atoms with E-state index in [1.165, 1.54) is 11.0 Å². The SMILES string of the molecule is Cc1ccc(Cn2c(=O)c(N3CCN(C(=O)Nc4ccc(F)cc4F)CC3)nc3cccnc32)cc1. The van der Waals surface area contributed by atoms with E-state index in [1.54, 1.807) is 16.8 Å². The maximum absolute atomic E-state index is 13.9. The van der Waals surface area contributed by atoms with Crippen LogP contribution >= 0.6 is 0 Å². The molecule has 0 saturated carbocycles. The van der Waals surface area contributed by atoms with E-state index in [0.29, 0.717) is 49.7 Å². The molecular formula is C26H24F2N6O2. The average molecular weight is 491 g/mol. The van der Waals surface area contributed by atoms with Crippen molar-refractivity contribution in [3.8, 4) is 0 Å². The predicted molar refractivity (Wildman–Crippen MR) is 133 cm³/mol. The van der Waals surface area contributed by atoms with Crippen LogP contribution in [-0.4, -0.2) is 51.6 Å². The van der Waals surface area contributed by atoms with Crippen LogP contribution in [0.4, 0.5) is 25.1 Å². The molecule has 5 rings (SSSR count). The quantitative estimate of drug-likeness (QED) is 0.471. The Labute approximate surface area is 205 Å². The fourth-order valence-electron chi connectivity index (χ4n) is 4.20. The zero-order chi connectivity index (χ0) is 25.2. The van der Waals surface area contributed by atoms with E-state index < -0.39 is 17.7 Å². The molecule has 10 heteroatoms. The standard InChI is InChI=1S/C26H24F2N6O2/c1-17-4-6-18(7-5-17)16-34-23-22(3-2-10-29-23)30-24(25(34)35)32-11-13-33(14-12-32)26(36)31-21-9-8-19(27)15-20(21)28/h2-10,15H,11-14,16H2,1H3,(H,31,36). The number of benzene rings is 2. The zero-order valence-electron chi connectivity index (χ0n) is 19.6. The second kappa shape index (κ2) is 9.73. The fraction of sp³-hybridized carbons (Fsp3) is 0.231. The van der Waals surface area contributed by atoms with Crippen LogP contribution in [0.15, 0.2) is 65.6 Å². The zero-order valence-corrected chi connectivity index (χ0v) is 19.6. The number of rotatable bonds is 4. The maximum atomic E-state index is 13.9. The van der Waals surface area contributed by atoms with E-state index in [2.05, 4.69) is 15.3 Å². The highest BCUT2D eigenvalue weighted by atomic mass is 19.1. The Morgan fingerprint density at radius 1 is 1.03 bits per heavy atom. The van der Waals surface area contributed by atoms with Gasteiger partial charge in [0.15, 0.2) is 11.5 Å². The normalized spacial score (nSPS) is 13.8. The number of nitrogens with one attached hydrogen (secondary N) is 1. The second-order valence-electron chi connectivity index (χ2n) is 8.69. The third-order valence-corrected chi connectivity index (χ3v) is 6.18. The smallest absolute Gasteiger partial charge is 0.322 e. The number of carbonyl (C=O) groups is 1. The fourth-order valence-corrected chi connectivity index (χ4v) is 4.20. The molecule has 2 aromatic heterocycles. The lowest BCUT2D eigenvalue weighted by Crippen LogP contribution is -2.51. The minimum Gasteiger partial charge on any atom is -0.348 e. The van der Waals surface area contributed by atoms with Crippen LogP contribution in [0.1, 0.15) is 11.1 Å². The Kier molecular flexibility index (Phi) is 6.32. The van der Waals surface area contributed by atoms with Crippen LogP contribution in [0, 0.1) is 18.6 Å². The Morgan fingerprint density at radius 2 is 1.78 bits per heavy atom. The molecule has 3 heterocycles. The molecule has 0 bridgehead atoms. The van der Waals surface area contributed by atoms with Gasteiger partial charge in [0.05, 0.1) is 12.2 Å². The first kappa shape index (κ1) is 23.4. The third kappa shape index (κ3) is 4.74. The maximum Gasteiger partial charge on any atom is 0.322 e. The molecule has 0 unspecified atom stereocenters. The average Bonchev–Trinajstić information content (AvgIpc) is 2.88. The van der Waals surface area contributed by atoms with Gasteiger partial charge in [-0.1, -0.05) is 29.8 Å². The molecule has 8 nitrogen and oxygen atoms in total. The van der Waals surface area contributed by atoms with Crippen molar-refractivity contribution >= 4 is 28.7 Å². The number of halogens is 2. The Morgan fingerprint density at radius 3 is 2.50 bits per heavy atom. The Hall–Kier alpha value is -4.34. The number of anilines is 2.